The molecular formula is C12H20N2O3S. The van der Waals surface area contributed by atoms with Gasteiger partial charge in [0.05, 0.1) is 5.25 Å². The molecule has 1 heterocycles. The molecule has 2 unspecified atom stereocenters. The van der Waals surface area contributed by atoms with E-state index in [0.29, 0.717) is 0 Å². The second kappa shape index (κ2) is 6.33. The summed E-state index contributed by atoms with van der Waals surface area (Å²) in [4.78, 5) is 37.1. The zero-order valence-electron chi connectivity index (χ0n) is 11.0. The van der Waals surface area contributed by atoms with Crippen LogP contribution in [0.1, 0.15) is 27.2 Å². The number of carbonyl (C=O) groups is 3. The lowest BCUT2D eigenvalue weighted by Crippen LogP contribution is -2.50. The SMILES string of the molecule is CCSC1CC(=O)N(C(CN)C(=O)C(C)C)C1=O. The van der Waals surface area contributed by atoms with Gasteiger partial charge >= 0.3 is 0 Å². The molecule has 18 heavy (non-hydrogen) atoms. The van der Waals surface area contributed by atoms with Crippen molar-refractivity contribution < 1.29 is 14.4 Å². The first-order chi connectivity index (χ1) is 8.43. The third-order valence-electron chi connectivity index (χ3n) is 2.94. The van der Waals surface area contributed by atoms with Gasteiger partial charge in [0, 0.05) is 18.9 Å². The Morgan fingerprint density at radius 3 is 2.56 bits per heavy atom. The molecule has 6 heteroatoms. The van der Waals surface area contributed by atoms with Crippen LogP contribution in [0.15, 0.2) is 0 Å². The lowest BCUT2D eigenvalue weighted by Gasteiger charge is -2.25. The largest absolute Gasteiger partial charge is 0.328 e. The second-order valence-corrected chi connectivity index (χ2v) is 6.04. The summed E-state index contributed by atoms with van der Waals surface area (Å²) in [5.74, 6) is -0.173. The molecule has 2 N–H and O–H groups in total. The van der Waals surface area contributed by atoms with Crippen LogP contribution in [-0.4, -0.2) is 46.1 Å². The van der Waals surface area contributed by atoms with Gasteiger partial charge in [-0.15, -0.1) is 11.8 Å². The van der Waals surface area contributed by atoms with E-state index in [2.05, 4.69) is 0 Å². The van der Waals surface area contributed by atoms with Crippen LogP contribution >= 0.6 is 11.8 Å². The molecule has 0 saturated carbocycles. The van der Waals surface area contributed by atoms with Crippen LogP contribution in [-0.2, 0) is 14.4 Å². The number of likely N-dealkylation sites (tertiary alicyclic amines) is 1. The summed E-state index contributed by atoms with van der Waals surface area (Å²) in [7, 11) is 0. The number of Topliss-reactive ketones (excluding diaryl/α,β-unsaturated/α-hetero) is 1. The Labute approximate surface area is 111 Å². The number of amides is 2. The summed E-state index contributed by atoms with van der Waals surface area (Å²) in [5.41, 5.74) is 5.56. The molecule has 0 aromatic rings. The van der Waals surface area contributed by atoms with Crippen LogP contribution in [0.5, 0.6) is 0 Å². The van der Waals surface area contributed by atoms with E-state index in [4.69, 9.17) is 5.73 Å². The van der Waals surface area contributed by atoms with E-state index in [1.165, 1.54) is 11.8 Å². The topological polar surface area (TPSA) is 80.5 Å². The lowest BCUT2D eigenvalue weighted by atomic mass is 10.0. The highest BCUT2D eigenvalue weighted by molar-refractivity contribution is 8.00. The normalized spacial score (nSPS) is 21.8. The standard InChI is InChI=1S/C12H20N2O3S/c1-4-18-9-5-10(15)14(12(9)17)8(6-13)11(16)7(2)3/h7-9H,4-6,13H2,1-3H3. The van der Waals surface area contributed by atoms with Crippen molar-refractivity contribution in [2.45, 2.75) is 38.5 Å². The number of imide groups is 1. The van der Waals surface area contributed by atoms with E-state index >= 15 is 0 Å². The Hall–Kier alpha value is -0.880. The molecule has 1 fully saturated rings. The first kappa shape index (κ1) is 15.2. The summed E-state index contributed by atoms with van der Waals surface area (Å²) >= 11 is 1.44. The van der Waals surface area contributed by atoms with Crippen LogP contribution in [0.2, 0.25) is 0 Å². The first-order valence-corrected chi connectivity index (χ1v) is 7.20. The predicted molar refractivity (Wildman–Crippen MR) is 71.1 cm³/mol. The monoisotopic (exact) mass is 272 g/mol. The van der Waals surface area contributed by atoms with Crippen molar-refractivity contribution in [3.05, 3.63) is 0 Å². The highest BCUT2D eigenvalue weighted by Crippen LogP contribution is 2.27. The number of ketones is 1. The summed E-state index contributed by atoms with van der Waals surface area (Å²) in [6.07, 6.45) is 0.180. The molecule has 0 aliphatic carbocycles. The van der Waals surface area contributed by atoms with Gasteiger partial charge in [-0.25, -0.2) is 0 Å². The number of carbonyl (C=O) groups excluding carboxylic acids is 3. The summed E-state index contributed by atoms with van der Waals surface area (Å²) in [6, 6.07) is -0.799. The van der Waals surface area contributed by atoms with Crippen LogP contribution in [0, 0.1) is 5.92 Å². The Bertz CT molecular complexity index is 357. The zero-order chi connectivity index (χ0) is 13.9. The van der Waals surface area contributed by atoms with Gasteiger partial charge < -0.3 is 5.73 Å². The molecule has 0 aromatic carbocycles. The fourth-order valence-electron chi connectivity index (χ4n) is 2.01. The molecule has 2 atom stereocenters. The fraction of sp³-hybridized carbons (Fsp3) is 0.750. The third kappa shape index (κ3) is 2.92. The molecule has 2 amide bonds. The Kier molecular flexibility index (Phi) is 5.34. The Morgan fingerprint density at radius 2 is 2.11 bits per heavy atom. The molecule has 1 rings (SSSR count). The number of rotatable bonds is 6. The quantitative estimate of drug-likeness (QED) is 0.709. The van der Waals surface area contributed by atoms with Crippen molar-refractivity contribution in [1.82, 2.24) is 4.90 Å². The molecule has 102 valence electrons. The molecular weight excluding hydrogens is 252 g/mol. The lowest BCUT2D eigenvalue weighted by molar-refractivity contribution is -0.146. The van der Waals surface area contributed by atoms with Gasteiger partial charge in [0.15, 0.2) is 5.78 Å². The highest BCUT2D eigenvalue weighted by atomic mass is 32.2. The molecule has 1 saturated heterocycles. The van der Waals surface area contributed by atoms with Crippen molar-refractivity contribution in [3.8, 4) is 0 Å². The van der Waals surface area contributed by atoms with E-state index in [0.717, 1.165) is 10.7 Å². The molecule has 0 aromatic heterocycles. The predicted octanol–water partition coefficient (Wildman–Crippen LogP) is 0.419. The molecule has 0 spiro atoms. The van der Waals surface area contributed by atoms with Gasteiger partial charge in [-0.05, 0) is 5.75 Å². The second-order valence-electron chi connectivity index (χ2n) is 4.56. The molecule has 5 nitrogen and oxygen atoms in total. The van der Waals surface area contributed by atoms with Crippen molar-refractivity contribution in [2.75, 3.05) is 12.3 Å². The van der Waals surface area contributed by atoms with E-state index in [1.54, 1.807) is 13.8 Å². The van der Waals surface area contributed by atoms with E-state index in [-0.39, 0.29) is 41.7 Å². The van der Waals surface area contributed by atoms with Crippen LogP contribution in [0.25, 0.3) is 0 Å². The number of hydrogen-bond acceptors (Lipinski definition) is 5. The average Bonchev–Trinajstić information content (AvgIpc) is 2.58. The summed E-state index contributed by atoms with van der Waals surface area (Å²) in [6.45, 7) is 5.42. The zero-order valence-corrected chi connectivity index (χ0v) is 11.8. The van der Waals surface area contributed by atoms with Gasteiger partial charge in [0.1, 0.15) is 6.04 Å². The van der Waals surface area contributed by atoms with Crippen LogP contribution < -0.4 is 5.73 Å². The number of thioether (sulfide) groups is 1. The Morgan fingerprint density at radius 1 is 1.50 bits per heavy atom. The first-order valence-electron chi connectivity index (χ1n) is 6.15. The maximum absolute atomic E-state index is 12.1. The van der Waals surface area contributed by atoms with E-state index in [9.17, 15) is 14.4 Å². The van der Waals surface area contributed by atoms with Gasteiger partial charge in [0.25, 0.3) is 0 Å². The fourth-order valence-corrected chi connectivity index (χ4v) is 2.93. The van der Waals surface area contributed by atoms with Gasteiger partial charge in [-0.2, -0.15) is 0 Å². The third-order valence-corrected chi connectivity index (χ3v) is 4.05. The van der Waals surface area contributed by atoms with E-state index in [1.807, 2.05) is 6.92 Å². The summed E-state index contributed by atoms with van der Waals surface area (Å²) < 4.78 is 0. The van der Waals surface area contributed by atoms with Crippen molar-refractivity contribution in [3.63, 3.8) is 0 Å². The maximum Gasteiger partial charge on any atom is 0.243 e. The van der Waals surface area contributed by atoms with Gasteiger partial charge in [-0.1, -0.05) is 20.8 Å². The van der Waals surface area contributed by atoms with Crippen molar-refractivity contribution >= 4 is 29.4 Å². The molecule has 1 aliphatic heterocycles. The molecule has 0 bridgehead atoms. The number of hydrogen-bond donors (Lipinski definition) is 1. The van der Waals surface area contributed by atoms with Gasteiger partial charge in [0.2, 0.25) is 11.8 Å². The smallest absolute Gasteiger partial charge is 0.243 e. The minimum atomic E-state index is -0.799. The number of nitrogens with zero attached hydrogens (tertiary/aromatic N) is 1. The summed E-state index contributed by atoms with van der Waals surface area (Å²) in [5, 5.41) is -0.350. The minimum absolute atomic E-state index is 0.00198. The van der Waals surface area contributed by atoms with Crippen LogP contribution in [0.3, 0.4) is 0 Å². The average molecular weight is 272 g/mol. The minimum Gasteiger partial charge on any atom is -0.328 e. The van der Waals surface area contributed by atoms with Crippen LogP contribution in [0.4, 0.5) is 0 Å². The molecule has 1 aliphatic rings. The van der Waals surface area contributed by atoms with Crippen molar-refractivity contribution in [1.29, 1.82) is 0 Å². The van der Waals surface area contributed by atoms with Crippen molar-refractivity contribution in [2.24, 2.45) is 11.7 Å². The Balaban J connectivity index is 2.90. The molecule has 0 radical (unpaired) electrons. The van der Waals surface area contributed by atoms with E-state index < -0.39 is 6.04 Å². The highest BCUT2D eigenvalue weighted by Gasteiger charge is 2.44. The maximum atomic E-state index is 12.1. The van der Waals surface area contributed by atoms with Gasteiger partial charge in [-0.3, -0.25) is 19.3 Å². The number of nitrogens with two attached hydrogens (primary N) is 1.